The molecule has 0 atom stereocenters. The first-order valence-electron chi connectivity index (χ1n) is 10.1. The van der Waals surface area contributed by atoms with Crippen LogP contribution in [-0.4, -0.2) is 27.3 Å². The van der Waals surface area contributed by atoms with Crippen LogP contribution in [0.2, 0.25) is 0 Å². The molecule has 4 aromatic rings. The van der Waals surface area contributed by atoms with Gasteiger partial charge >= 0.3 is 0 Å². The van der Waals surface area contributed by atoms with Crippen molar-refractivity contribution >= 4 is 29.3 Å². The maximum atomic E-state index is 13.4. The fraction of sp³-hybridized carbons (Fsp3) is 0.0800. The molecule has 0 aliphatic carbocycles. The van der Waals surface area contributed by atoms with Gasteiger partial charge < -0.3 is 11.1 Å². The van der Waals surface area contributed by atoms with Gasteiger partial charge in [0.25, 0.3) is 5.91 Å². The van der Waals surface area contributed by atoms with Crippen molar-refractivity contribution < 1.29 is 14.0 Å². The molecule has 0 saturated carbocycles. The molecule has 0 aliphatic rings. The molecule has 2 amide bonds. The fourth-order valence-electron chi connectivity index (χ4n) is 3.31. The van der Waals surface area contributed by atoms with Crippen LogP contribution in [0, 0.1) is 12.7 Å². The average Bonchev–Trinajstić information content (AvgIpc) is 3.25. The van der Waals surface area contributed by atoms with E-state index in [1.54, 1.807) is 35.1 Å². The Morgan fingerprint density at radius 1 is 1.06 bits per heavy atom. The Kier molecular flexibility index (Phi) is 6.55. The van der Waals surface area contributed by atoms with Crippen LogP contribution in [0.3, 0.4) is 0 Å². The Bertz CT molecular complexity index is 1320. The number of carbonyl (C=O) groups is 2. The van der Waals surface area contributed by atoms with Gasteiger partial charge in [-0.1, -0.05) is 35.9 Å². The largest absolute Gasteiger partial charge is 0.369 e. The first-order valence-corrected chi connectivity index (χ1v) is 11.1. The van der Waals surface area contributed by atoms with Gasteiger partial charge in [-0.25, -0.2) is 9.07 Å². The zero-order chi connectivity index (χ0) is 23.4. The van der Waals surface area contributed by atoms with Crippen molar-refractivity contribution in [2.75, 3.05) is 11.1 Å². The molecule has 4 rings (SSSR count). The van der Waals surface area contributed by atoms with Crippen LogP contribution in [0.15, 0.2) is 83.9 Å². The van der Waals surface area contributed by atoms with Crippen molar-refractivity contribution in [2.45, 2.75) is 11.8 Å². The third kappa shape index (κ3) is 5.30. The standard InChI is InChI=1S/C25H21FN4O2S/c1-16-5-4-6-17(13-16)24-20(14-30(29-24)19-11-9-18(26)10-12-19)25(32)28-21-7-2-3-8-22(21)33-15-23(27)31/h2-14H,15H2,1H3,(H2,27,31)(H,28,32). The molecule has 0 spiro atoms. The number of amides is 2. The summed E-state index contributed by atoms with van der Waals surface area (Å²) in [5.74, 6) is -1.05. The Labute approximate surface area is 194 Å². The summed E-state index contributed by atoms with van der Waals surface area (Å²) in [6.07, 6.45) is 1.62. The Hall–Kier alpha value is -3.91. The fourth-order valence-corrected chi connectivity index (χ4v) is 4.05. The summed E-state index contributed by atoms with van der Waals surface area (Å²) < 4.78 is 14.9. The number of hydrogen-bond acceptors (Lipinski definition) is 4. The summed E-state index contributed by atoms with van der Waals surface area (Å²) in [6, 6.07) is 20.8. The monoisotopic (exact) mass is 460 g/mol. The van der Waals surface area contributed by atoms with Crippen molar-refractivity contribution in [3.63, 3.8) is 0 Å². The summed E-state index contributed by atoms with van der Waals surface area (Å²) in [5, 5.41) is 7.56. The van der Waals surface area contributed by atoms with E-state index in [9.17, 15) is 14.0 Å². The summed E-state index contributed by atoms with van der Waals surface area (Å²) in [5.41, 5.74) is 9.14. The predicted molar refractivity (Wildman–Crippen MR) is 128 cm³/mol. The lowest BCUT2D eigenvalue weighted by molar-refractivity contribution is -0.115. The van der Waals surface area contributed by atoms with E-state index in [0.29, 0.717) is 22.6 Å². The van der Waals surface area contributed by atoms with Crippen LogP contribution in [-0.2, 0) is 4.79 Å². The van der Waals surface area contributed by atoms with Crippen LogP contribution in [0.25, 0.3) is 16.9 Å². The van der Waals surface area contributed by atoms with E-state index in [0.717, 1.165) is 16.0 Å². The highest BCUT2D eigenvalue weighted by Crippen LogP contribution is 2.29. The molecule has 0 radical (unpaired) electrons. The third-order valence-corrected chi connectivity index (χ3v) is 5.94. The van der Waals surface area contributed by atoms with Crippen molar-refractivity contribution in [1.82, 2.24) is 9.78 Å². The number of anilines is 1. The summed E-state index contributed by atoms with van der Waals surface area (Å²) >= 11 is 1.25. The number of nitrogens with one attached hydrogen (secondary N) is 1. The lowest BCUT2D eigenvalue weighted by atomic mass is 10.1. The van der Waals surface area contributed by atoms with E-state index in [1.165, 1.54) is 23.9 Å². The molecule has 33 heavy (non-hydrogen) atoms. The van der Waals surface area contributed by atoms with Crippen molar-refractivity contribution in [1.29, 1.82) is 0 Å². The number of nitrogens with two attached hydrogens (primary N) is 1. The predicted octanol–water partition coefficient (Wildman–Crippen LogP) is 4.82. The van der Waals surface area contributed by atoms with Gasteiger partial charge in [-0.15, -0.1) is 11.8 Å². The first-order chi connectivity index (χ1) is 15.9. The van der Waals surface area contributed by atoms with Crippen LogP contribution in [0.4, 0.5) is 10.1 Å². The number of thioether (sulfide) groups is 1. The van der Waals surface area contributed by atoms with Crippen LogP contribution < -0.4 is 11.1 Å². The highest BCUT2D eigenvalue weighted by molar-refractivity contribution is 8.00. The zero-order valence-corrected chi connectivity index (χ0v) is 18.6. The molecule has 0 fully saturated rings. The van der Waals surface area contributed by atoms with Crippen LogP contribution in [0.5, 0.6) is 0 Å². The highest BCUT2D eigenvalue weighted by atomic mass is 32.2. The molecule has 1 heterocycles. The smallest absolute Gasteiger partial charge is 0.259 e. The SMILES string of the molecule is Cc1cccc(-c2nn(-c3ccc(F)cc3)cc2C(=O)Nc2ccccc2SCC(N)=O)c1. The third-order valence-electron chi connectivity index (χ3n) is 4.85. The molecule has 0 bridgehead atoms. The number of rotatable bonds is 7. The molecule has 3 aromatic carbocycles. The number of para-hydroxylation sites is 1. The highest BCUT2D eigenvalue weighted by Gasteiger charge is 2.20. The number of carbonyl (C=O) groups excluding carboxylic acids is 2. The quantitative estimate of drug-likeness (QED) is 0.387. The van der Waals surface area contributed by atoms with E-state index in [-0.39, 0.29) is 17.5 Å². The van der Waals surface area contributed by atoms with E-state index >= 15 is 0 Å². The maximum absolute atomic E-state index is 13.4. The number of aryl methyl sites for hydroxylation is 1. The molecule has 6 nitrogen and oxygen atoms in total. The number of primary amides is 1. The molecular weight excluding hydrogens is 439 g/mol. The molecule has 0 unspecified atom stereocenters. The zero-order valence-electron chi connectivity index (χ0n) is 17.8. The number of benzene rings is 3. The lowest BCUT2D eigenvalue weighted by Gasteiger charge is -2.10. The van der Waals surface area contributed by atoms with Crippen molar-refractivity contribution in [3.05, 3.63) is 95.9 Å². The maximum Gasteiger partial charge on any atom is 0.259 e. The van der Waals surface area contributed by atoms with Crippen molar-refractivity contribution in [2.24, 2.45) is 5.73 Å². The van der Waals surface area contributed by atoms with Gasteiger partial charge in [0.05, 0.1) is 22.7 Å². The number of aromatic nitrogens is 2. The van der Waals surface area contributed by atoms with Gasteiger partial charge in [0.15, 0.2) is 0 Å². The first kappa shape index (κ1) is 22.3. The number of nitrogens with zero attached hydrogens (tertiary/aromatic N) is 2. The van der Waals surface area contributed by atoms with Gasteiger partial charge in [0, 0.05) is 16.7 Å². The Morgan fingerprint density at radius 3 is 2.55 bits per heavy atom. The van der Waals surface area contributed by atoms with E-state index in [1.807, 2.05) is 43.3 Å². The van der Waals surface area contributed by atoms with Gasteiger partial charge in [-0.05, 0) is 49.4 Å². The molecule has 3 N–H and O–H groups in total. The molecular formula is C25H21FN4O2S. The number of hydrogen-bond donors (Lipinski definition) is 2. The summed E-state index contributed by atoms with van der Waals surface area (Å²) in [4.78, 5) is 25.3. The summed E-state index contributed by atoms with van der Waals surface area (Å²) in [7, 11) is 0. The van der Waals surface area contributed by atoms with Gasteiger partial charge in [0.2, 0.25) is 5.91 Å². The minimum atomic E-state index is -0.441. The second-order valence-corrected chi connectivity index (χ2v) is 8.40. The minimum absolute atomic E-state index is 0.101. The van der Waals surface area contributed by atoms with E-state index in [2.05, 4.69) is 10.4 Å². The van der Waals surface area contributed by atoms with E-state index < -0.39 is 5.91 Å². The normalized spacial score (nSPS) is 10.7. The van der Waals surface area contributed by atoms with Crippen LogP contribution in [0.1, 0.15) is 15.9 Å². The molecule has 0 aliphatic heterocycles. The van der Waals surface area contributed by atoms with Gasteiger partial charge in [0.1, 0.15) is 11.5 Å². The second-order valence-electron chi connectivity index (χ2n) is 7.39. The second kappa shape index (κ2) is 9.70. The topological polar surface area (TPSA) is 90.0 Å². The summed E-state index contributed by atoms with van der Waals surface area (Å²) in [6.45, 7) is 1.96. The average molecular weight is 461 g/mol. The lowest BCUT2D eigenvalue weighted by Crippen LogP contribution is -2.15. The molecule has 166 valence electrons. The van der Waals surface area contributed by atoms with E-state index in [4.69, 9.17) is 5.73 Å². The molecule has 8 heteroatoms. The molecule has 1 aromatic heterocycles. The Morgan fingerprint density at radius 2 is 1.82 bits per heavy atom. The molecule has 0 saturated heterocycles. The van der Waals surface area contributed by atoms with Crippen molar-refractivity contribution in [3.8, 4) is 16.9 Å². The minimum Gasteiger partial charge on any atom is -0.369 e. The number of halogens is 1. The Balaban J connectivity index is 1.72. The van der Waals surface area contributed by atoms with Crippen LogP contribution >= 0.6 is 11.8 Å². The van der Waals surface area contributed by atoms with Gasteiger partial charge in [-0.3, -0.25) is 9.59 Å². The van der Waals surface area contributed by atoms with Gasteiger partial charge in [-0.2, -0.15) is 5.10 Å².